The number of urea groups is 1. The molecule has 3 amide bonds. The van der Waals surface area contributed by atoms with Crippen LogP contribution in [0.4, 0.5) is 13.6 Å². The fourth-order valence-electron chi connectivity index (χ4n) is 1.13. The molecule has 0 spiro atoms. The predicted octanol–water partition coefficient (Wildman–Crippen LogP) is 0.466. The first-order valence-corrected chi connectivity index (χ1v) is 7.08. The van der Waals surface area contributed by atoms with E-state index in [-0.39, 0.29) is 0 Å². The standard InChI is InChI=1S/C9H7ClF2N2O5S/c10-20(17,18)5-2-1-4(7(11)8(5)12)19-3-6(15)14-9(13)16/h1-2H,3H2,(H3,13,14,15,16). The van der Waals surface area contributed by atoms with Crippen LogP contribution in [0.3, 0.4) is 0 Å². The molecule has 1 rings (SSSR count). The lowest BCUT2D eigenvalue weighted by Crippen LogP contribution is -2.38. The van der Waals surface area contributed by atoms with Gasteiger partial charge in [-0.25, -0.2) is 17.6 Å². The number of carbonyl (C=O) groups is 2. The van der Waals surface area contributed by atoms with Crippen molar-refractivity contribution in [2.45, 2.75) is 4.90 Å². The van der Waals surface area contributed by atoms with E-state index in [2.05, 4.69) is 10.5 Å². The van der Waals surface area contributed by atoms with E-state index >= 15 is 0 Å². The molecule has 0 aromatic heterocycles. The SMILES string of the molecule is NC(=O)NC(=O)COc1ccc(S(=O)(=O)Cl)c(F)c1F. The third-order valence-electron chi connectivity index (χ3n) is 1.90. The number of hydrogen-bond acceptors (Lipinski definition) is 5. The predicted molar refractivity (Wildman–Crippen MR) is 62.6 cm³/mol. The molecule has 0 radical (unpaired) electrons. The molecule has 1 aromatic carbocycles. The van der Waals surface area contributed by atoms with Gasteiger partial charge in [0.15, 0.2) is 18.2 Å². The van der Waals surface area contributed by atoms with Crippen LogP contribution < -0.4 is 15.8 Å². The van der Waals surface area contributed by atoms with Gasteiger partial charge in [-0.15, -0.1) is 0 Å². The fraction of sp³-hybridized carbons (Fsp3) is 0.111. The summed E-state index contributed by atoms with van der Waals surface area (Å²) in [5, 5.41) is 1.62. The third-order valence-corrected chi connectivity index (χ3v) is 3.23. The molecule has 110 valence electrons. The van der Waals surface area contributed by atoms with Gasteiger partial charge >= 0.3 is 6.03 Å². The fourth-order valence-corrected chi connectivity index (χ4v) is 2.02. The average Bonchev–Trinajstić information content (AvgIpc) is 2.28. The number of carbonyl (C=O) groups excluding carboxylic acids is 2. The van der Waals surface area contributed by atoms with Gasteiger partial charge in [0, 0.05) is 10.7 Å². The molecule has 0 aliphatic heterocycles. The van der Waals surface area contributed by atoms with Crippen LogP contribution in [0, 0.1) is 11.6 Å². The first kappa shape index (κ1) is 16.1. The highest BCUT2D eigenvalue weighted by Crippen LogP contribution is 2.27. The number of nitrogens with two attached hydrogens (primary N) is 1. The maximum Gasteiger partial charge on any atom is 0.318 e. The van der Waals surface area contributed by atoms with Gasteiger partial charge in [0.25, 0.3) is 15.0 Å². The molecule has 20 heavy (non-hydrogen) atoms. The van der Waals surface area contributed by atoms with E-state index in [1.165, 1.54) is 0 Å². The van der Waals surface area contributed by atoms with Crippen LogP contribution in [-0.4, -0.2) is 27.0 Å². The van der Waals surface area contributed by atoms with Gasteiger partial charge in [-0.05, 0) is 12.1 Å². The molecule has 1 aromatic rings. The number of ether oxygens (including phenoxy) is 1. The zero-order valence-corrected chi connectivity index (χ0v) is 11.1. The smallest absolute Gasteiger partial charge is 0.318 e. The normalized spacial score (nSPS) is 10.9. The van der Waals surface area contributed by atoms with Gasteiger partial charge < -0.3 is 10.5 Å². The quantitative estimate of drug-likeness (QED) is 0.779. The summed E-state index contributed by atoms with van der Waals surface area (Å²) in [6.45, 7) is -0.827. The Labute approximate surface area is 116 Å². The largest absolute Gasteiger partial charge is 0.481 e. The summed E-state index contributed by atoms with van der Waals surface area (Å²) in [5.41, 5.74) is 4.64. The summed E-state index contributed by atoms with van der Waals surface area (Å²) < 4.78 is 53.2. The zero-order valence-electron chi connectivity index (χ0n) is 9.52. The van der Waals surface area contributed by atoms with Crippen molar-refractivity contribution in [2.75, 3.05) is 6.61 Å². The third kappa shape index (κ3) is 4.03. The highest BCUT2D eigenvalue weighted by atomic mass is 35.7. The first-order chi connectivity index (χ1) is 9.12. The zero-order chi connectivity index (χ0) is 15.5. The molecular formula is C9H7ClF2N2O5S. The number of benzene rings is 1. The Morgan fingerprint density at radius 1 is 1.30 bits per heavy atom. The van der Waals surface area contributed by atoms with Crippen molar-refractivity contribution in [3.63, 3.8) is 0 Å². The van der Waals surface area contributed by atoms with Crippen LogP contribution in [0.5, 0.6) is 5.75 Å². The van der Waals surface area contributed by atoms with Crippen LogP contribution in [-0.2, 0) is 13.8 Å². The number of nitrogens with one attached hydrogen (secondary N) is 1. The summed E-state index contributed by atoms with van der Waals surface area (Å²) >= 11 is 0. The molecule has 3 N–H and O–H groups in total. The number of rotatable bonds is 4. The number of halogens is 3. The monoisotopic (exact) mass is 328 g/mol. The van der Waals surface area contributed by atoms with Crippen LogP contribution in [0.15, 0.2) is 17.0 Å². The highest BCUT2D eigenvalue weighted by molar-refractivity contribution is 8.13. The lowest BCUT2D eigenvalue weighted by Gasteiger charge is -2.08. The molecule has 0 fully saturated rings. The molecule has 11 heteroatoms. The minimum atomic E-state index is -4.46. The second-order valence-electron chi connectivity index (χ2n) is 3.33. The Kier molecular flexibility index (Phi) is 4.84. The molecule has 0 aliphatic rings. The van der Waals surface area contributed by atoms with Crippen LogP contribution in [0.1, 0.15) is 0 Å². The minimum absolute atomic E-state index is 0.669. The van der Waals surface area contributed by atoms with Crippen LogP contribution in [0.2, 0.25) is 0 Å². The van der Waals surface area contributed by atoms with E-state index in [0.717, 1.165) is 6.07 Å². The Balaban J connectivity index is 2.92. The molecule has 0 saturated carbocycles. The van der Waals surface area contributed by atoms with Crippen molar-refractivity contribution in [3.05, 3.63) is 23.8 Å². The van der Waals surface area contributed by atoms with Crippen molar-refractivity contribution in [1.29, 1.82) is 0 Å². The molecule has 0 saturated heterocycles. The van der Waals surface area contributed by atoms with Gasteiger partial charge in [0.2, 0.25) is 5.82 Å². The Bertz CT molecular complexity index is 665. The maximum absolute atomic E-state index is 13.5. The van der Waals surface area contributed by atoms with Gasteiger partial charge in [-0.2, -0.15) is 4.39 Å². The molecule has 0 atom stereocenters. The first-order valence-electron chi connectivity index (χ1n) is 4.77. The average molecular weight is 329 g/mol. The van der Waals surface area contributed by atoms with Crippen molar-refractivity contribution < 1.29 is 31.5 Å². The molecule has 0 unspecified atom stereocenters. The topological polar surface area (TPSA) is 116 Å². The van der Waals surface area contributed by atoms with E-state index in [1.807, 2.05) is 0 Å². The van der Waals surface area contributed by atoms with E-state index in [0.29, 0.717) is 6.07 Å². The number of imide groups is 1. The van der Waals surface area contributed by atoms with Gasteiger partial charge in [-0.1, -0.05) is 0 Å². The van der Waals surface area contributed by atoms with Crippen molar-refractivity contribution in [2.24, 2.45) is 5.73 Å². The van der Waals surface area contributed by atoms with E-state index in [9.17, 15) is 26.8 Å². The molecular weight excluding hydrogens is 322 g/mol. The van der Waals surface area contributed by atoms with Crippen molar-refractivity contribution in [1.82, 2.24) is 5.32 Å². The molecule has 7 nitrogen and oxygen atoms in total. The Hall–Kier alpha value is -1.94. The number of hydrogen-bond donors (Lipinski definition) is 2. The molecule has 0 bridgehead atoms. The summed E-state index contributed by atoms with van der Waals surface area (Å²) in [7, 11) is 0.423. The molecule has 0 aliphatic carbocycles. The minimum Gasteiger partial charge on any atom is -0.481 e. The Morgan fingerprint density at radius 3 is 2.40 bits per heavy atom. The van der Waals surface area contributed by atoms with Gasteiger partial charge in [0.05, 0.1) is 0 Å². The summed E-state index contributed by atoms with van der Waals surface area (Å²) in [6.07, 6.45) is 0. The highest BCUT2D eigenvalue weighted by Gasteiger charge is 2.22. The van der Waals surface area contributed by atoms with Crippen molar-refractivity contribution in [3.8, 4) is 5.75 Å². The number of amides is 3. The van der Waals surface area contributed by atoms with Crippen LogP contribution in [0.25, 0.3) is 0 Å². The van der Waals surface area contributed by atoms with Crippen molar-refractivity contribution >= 4 is 31.7 Å². The number of primary amides is 1. The summed E-state index contributed by atoms with van der Waals surface area (Å²) in [5.74, 6) is -5.11. The summed E-state index contributed by atoms with van der Waals surface area (Å²) in [6, 6.07) is 0.293. The lowest BCUT2D eigenvalue weighted by atomic mass is 10.3. The Morgan fingerprint density at radius 2 is 1.90 bits per heavy atom. The van der Waals surface area contributed by atoms with E-state index in [1.54, 1.807) is 5.32 Å². The second kappa shape index (κ2) is 6.01. The summed E-state index contributed by atoms with van der Waals surface area (Å²) in [4.78, 5) is 20.2. The molecule has 0 heterocycles. The van der Waals surface area contributed by atoms with Gasteiger partial charge in [-0.3, -0.25) is 10.1 Å². The lowest BCUT2D eigenvalue weighted by molar-refractivity contribution is -0.122. The van der Waals surface area contributed by atoms with Gasteiger partial charge in [0.1, 0.15) is 4.90 Å². The van der Waals surface area contributed by atoms with E-state index in [4.69, 9.17) is 10.7 Å². The maximum atomic E-state index is 13.5. The van der Waals surface area contributed by atoms with E-state index < -0.39 is 49.9 Å². The van der Waals surface area contributed by atoms with Crippen LogP contribution >= 0.6 is 10.7 Å². The second-order valence-corrected chi connectivity index (χ2v) is 5.86.